The molecule has 7 rings (SSSR count). The van der Waals surface area contributed by atoms with E-state index in [1.165, 1.54) is 11.1 Å². The molecule has 0 aliphatic carbocycles. The SMILES string of the molecule is CC(C)(C)c1cc(-c2cc(-c3ccc(C(C)(C)c4ccccc4)cc3)cc(-c3cc(C(C)(C)C)cc(C(C)(C)C)c3O)n2)[c-]c(N(c2ccccc2)c2ccccn2)c1.[Pt]. The van der Waals surface area contributed by atoms with E-state index in [4.69, 9.17) is 9.97 Å². The summed E-state index contributed by atoms with van der Waals surface area (Å²) >= 11 is 0. The maximum absolute atomic E-state index is 12.2. The Morgan fingerprint density at radius 3 is 1.67 bits per heavy atom. The number of aromatic nitrogens is 2. The summed E-state index contributed by atoms with van der Waals surface area (Å²) in [6.07, 6.45) is 1.83. The molecule has 0 radical (unpaired) electrons. The van der Waals surface area contributed by atoms with Gasteiger partial charge < -0.3 is 10.0 Å². The number of phenolic OH excluding ortho intramolecular Hbond substituents is 1. The first-order valence-electron chi connectivity index (χ1n) is 20.7. The predicted octanol–water partition coefficient (Wildman–Crippen LogP) is 14.7. The van der Waals surface area contributed by atoms with Crippen LogP contribution >= 0.6 is 0 Å². The summed E-state index contributed by atoms with van der Waals surface area (Å²) in [7, 11) is 0. The third-order valence-corrected chi connectivity index (χ3v) is 11.5. The summed E-state index contributed by atoms with van der Waals surface area (Å²) in [5.41, 5.74) is 11.9. The first kappa shape index (κ1) is 44.2. The Balaban J connectivity index is 0.00000604. The molecule has 1 N–H and O–H groups in total. The van der Waals surface area contributed by atoms with Crippen LogP contribution < -0.4 is 4.90 Å². The molecule has 0 amide bonds. The van der Waals surface area contributed by atoms with Gasteiger partial charge in [0.25, 0.3) is 0 Å². The fourth-order valence-electron chi connectivity index (χ4n) is 7.61. The average Bonchev–Trinajstić information content (AvgIpc) is 3.21. The zero-order valence-electron chi connectivity index (χ0n) is 37.0. The number of aromatic hydroxyl groups is 1. The number of rotatable bonds is 8. The van der Waals surface area contributed by atoms with Crippen LogP contribution in [-0.4, -0.2) is 15.1 Å². The average molecular weight is 972 g/mol. The van der Waals surface area contributed by atoms with Crippen molar-refractivity contribution < 1.29 is 26.2 Å². The molecule has 0 aliphatic heterocycles. The van der Waals surface area contributed by atoms with E-state index < -0.39 is 0 Å². The second-order valence-electron chi connectivity index (χ2n) is 19.4. The minimum absolute atomic E-state index is 0. The number of para-hydroxylation sites is 1. The summed E-state index contributed by atoms with van der Waals surface area (Å²) in [5.74, 6) is 1.06. The summed E-state index contributed by atoms with van der Waals surface area (Å²) in [5, 5.41) is 12.2. The number of nitrogens with zero attached hydrogens (tertiary/aromatic N) is 3. The molecule has 4 nitrogen and oxygen atoms in total. The Morgan fingerprint density at radius 2 is 1.08 bits per heavy atom. The van der Waals surface area contributed by atoms with Crippen LogP contribution in [0.1, 0.15) is 104 Å². The Labute approximate surface area is 373 Å². The van der Waals surface area contributed by atoms with Gasteiger partial charge in [-0.25, -0.2) is 4.98 Å². The van der Waals surface area contributed by atoms with E-state index in [1.807, 2.05) is 42.6 Å². The third kappa shape index (κ3) is 9.35. The van der Waals surface area contributed by atoms with Gasteiger partial charge in [0.2, 0.25) is 0 Å². The molecular formula is C55H58N3OPt-. The van der Waals surface area contributed by atoms with Gasteiger partial charge >= 0.3 is 0 Å². The second-order valence-corrected chi connectivity index (χ2v) is 19.4. The molecule has 0 unspecified atom stereocenters. The molecule has 0 spiro atoms. The monoisotopic (exact) mass is 971 g/mol. The molecule has 7 aromatic rings. The quantitative estimate of drug-likeness (QED) is 0.154. The Morgan fingerprint density at radius 1 is 0.517 bits per heavy atom. The molecule has 5 aromatic carbocycles. The topological polar surface area (TPSA) is 49.3 Å². The fraction of sp³-hybridized carbons (Fsp3) is 0.273. The van der Waals surface area contributed by atoms with Crippen LogP contribution in [0.5, 0.6) is 5.75 Å². The van der Waals surface area contributed by atoms with Gasteiger partial charge in [0.1, 0.15) is 11.6 Å². The van der Waals surface area contributed by atoms with Gasteiger partial charge in [0.05, 0.1) is 5.69 Å². The molecular weight excluding hydrogens is 914 g/mol. The normalized spacial score (nSPS) is 12.2. The van der Waals surface area contributed by atoms with Gasteiger partial charge in [-0.15, -0.1) is 29.3 Å². The molecule has 5 heteroatoms. The van der Waals surface area contributed by atoms with Crippen molar-refractivity contribution in [3.8, 4) is 39.4 Å². The van der Waals surface area contributed by atoms with Crippen molar-refractivity contribution >= 4 is 17.2 Å². The Kier molecular flexibility index (Phi) is 12.5. The molecule has 0 fully saturated rings. The number of phenols is 1. The molecule has 0 aliphatic rings. The number of hydrogen-bond donors (Lipinski definition) is 1. The maximum atomic E-state index is 12.2. The van der Waals surface area contributed by atoms with Crippen molar-refractivity contribution in [2.24, 2.45) is 0 Å². The zero-order chi connectivity index (χ0) is 42.3. The number of benzene rings is 5. The first-order valence-corrected chi connectivity index (χ1v) is 20.7. The first-order chi connectivity index (χ1) is 27.8. The van der Waals surface area contributed by atoms with Crippen LogP contribution in [0.25, 0.3) is 33.6 Å². The van der Waals surface area contributed by atoms with Crippen LogP contribution in [0, 0.1) is 6.07 Å². The Bertz CT molecular complexity index is 2520. The second kappa shape index (κ2) is 17.0. The molecule has 0 saturated carbocycles. The molecule has 2 heterocycles. The molecule has 0 saturated heterocycles. The summed E-state index contributed by atoms with van der Waals surface area (Å²) < 4.78 is 0. The van der Waals surface area contributed by atoms with Gasteiger partial charge in [-0.05, 0) is 91.8 Å². The van der Waals surface area contributed by atoms with E-state index in [1.54, 1.807) is 0 Å². The van der Waals surface area contributed by atoms with Crippen molar-refractivity contribution in [2.75, 3.05) is 4.90 Å². The summed E-state index contributed by atoms with van der Waals surface area (Å²) in [6.45, 7) is 24.4. The van der Waals surface area contributed by atoms with E-state index in [2.05, 4.69) is 190 Å². The van der Waals surface area contributed by atoms with Gasteiger partial charge in [0.15, 0.2) is 0 Å². The zero-order valence-corrected chi connectivity index (χ0v) is 39.2. The molecule has 0 bridgehead atoms. The minimum atomic E-state index is -0.294. The van der Waals surface area contributed by atoms with Gasteiger partial charge in [-0.1, -0.05) is 167 Å². The van der Waals surface area contributed by atoms with Crippen molar-refractivity contribution in [2.45, 2.75) is 97.8 Å². The standard InChI is InChI=1S/C55H58N3O.Pt/c1-52(2,3)42-30-39(31-45(34-42)58(44-22-16-13-17-23-44)50-24-18-19-29-56-50)48-32-38(37-25-27-41(28-26-37)55(10,11)40-20-14-12-15-21-40)33-49(57-48)46-35-43(53(4,5)6)36-47(51(46)59)54(7,8)9;/h12-30,32-36,59H,1-11H3;/q-1;. The van der Waals surface area contributed by atoms with E-state index in [-0.39, 0.29) is 48.5 Å². The van der Waals surface area contributed by atoms with Crippen molar-refractivity contribution in [3.05, 3.63) is 180 Å². The fourth-order valence-corrected chi connectivity index (χ4v) is 7.61. The molecule has 0 atom stereocenters. The number of anilines is 3. The van der Waals surface area contributed by atoms with Crippen molar-refractivity contribution in [1.29, 1.82) is 0 Å². The molecule has 310 valence electrons. The van der Waals surface area contributed by atoms with Gasteiger partial charge in [0, 0.05) is 49.5 Å². The van der Waals surface area contributed by atoms with Gasteiger partial charge in [-0.2, -0.15) is 0 Å². The van der Waals surface area contributed by atoms with Crippen LogP contribution in [0.4, 0.5) is 17.2 Å². The molecule has 2 aromatic heterocycles. The molecule has 60 heavy (non-hydrogen) atoms. The van der Waals surface area contributed by atoms with E-state index in [9.17, 15) is 5.11 Å². The maximum Gasteiger partial charge on any atom is 0.136 e. The smallest absolute Gasteiger partial charge is 0.136 e. The van der Waals surface area contributed by atoms with Crippen LogP contribution in [0.3, 0.4) is 0 Å². The van der Waals surface area contributed by atoms with E-state index >= 15 is 0 Å². The van der Waals surface area contributed by atoms with Crippen molar-refractivity contribution in [1.82, 2.24) is 9.97 Å². The Hall–Kier alpha value is -5.31. The van der Waals surface area contributed by atoms with Crippen LogP contribution in [0.2, 0.25) is 0 Å². The minimum Gasteiger partial charge on any atom is -0.507 e. The summed E-state index contributed by atoms with van der Waals surface area (Å²) in [6, 6.07) is 52.8. The van der Waals surface area contributed by atoms with Gasteiger partial charge in [-0.3, -0.25) is 4.98 Å². The summed E-state index contributed by atoms with van der Waals surface area (Å²) in [4.78, 5) is 12.4. The third-order valence-electron chi connectivity index (χ3n) is 11.5. The number of hydrogen-bond acceptors (Lipinski definition) is 4. The van der Waals surface area contributed by atoms with E-state index in [0.717, 1.165) is 61.8 Å². The van der Waals surface area contributed by atoms with Crippen LogP contribution in [-0.2, 0) is 42.7 Å². The van der Waals surface area contributed by atoms with E-state index in [0.29, 0.717) is 5.69 Å². The number of pyridine rings is 2. The van der Waals surface area contributed by atoms with Crippen LogP contribution in [0.15, 0.2) is 146 Å². The largest absolute Gasteiger partial charge is 0.507 e. The van der Waals surface area contributed by atoms with Crippen molar-refractivity contribution in [3.63, 3.8) is 0 Å². The predicted molar refractivity (Wildman–Crippen MR) is 248 cm³/mol.